The number of aromatic nitrogens is 4. The number of carbonyl (C=O) groups excluding carboxylic acids is 1. The number of carbonyl (C=O) groups is 1. The van der Waals surface area contributed by atoms with Crippen LogP contribution in [0.5, 0.6) is 5.88 Å². The minimum atomic E-state index is -0.603. The van der Waals surface area contributed by atoms with Crippen LogP contribution < -0.4 is 9.64 Å². The Kier molecular flexibility index (Phi) is 4.30. The van der Waals surface area contributed by atoms with Crippen molar-refractivity contribution in [3.8, 4) is 11.6 Å². The van der Waals surface area contributed by atoms with Gasteiger partial charge >= 0.3 is 6.09 Å². The lowest BCUT2D eigenvalue weighted by atomic mass is 10.2. The van der Waals surface area contributed by atoms with E-state index in [9.17, 15) is 4.79 Å². The van der Waals surface area contributed by atoms with Crippen molar-refractivity contribution in [1.82, 2.24) is 20.0 Å². The monoisotopic (exact) mass is 305 g/mol. The van der Waals surface area contributed by atoms with Gasteiger partial charge in [0.05, 0.1) is 19.5 Å². The van der Waals surface area contributed by atoms with Gasteiger partial charge in [-0.2, -0.15) is 15.2 Å². The smallest absolute Gasteiger partial charge is 0.415 e. The molecule has 1 amide bonds. The van der Waals surface area contributed by atoms with Crippen molar-refractivity contribution in [3.63, 3.8) is 0 Å². The van der Waals surface area contributed by atoms with Gasteiger partial charge in [0.2, 0.25) is 5.88 Å². The summed E-state index contributed by atoms with van der Waals surface area (Å²) in [5.41, 5.74) is -0.0620. The first kappa shape index (κ1) is 15.7. The Hall–Kier alpha value is -2.64. The van der Waals surface area contributed by atoms with Crippen LogP contribution in [0, 0.1) is 0 Å². The second kappa shape index (κ2) is 6.00. The first-order valence-corrected chi connectivity index (χ1v) is 6.70. The number of rotatable bonds is 3. The molecule has 2 rings (SSSR count). The quantitative estimate of drug-likeness (QED) is 0.863. The highest BCUT2D eigenvalue weighted by Crippen LogP contribution is 2.24. The molecule has 0 N–H and O–H groups in total. The van der Waals surface area contributed by atoms with Crippen LogP contribution in [-0.4, -0.2) is 45.8 Å². The van der Waals surface area contributed by atoms with Gasteiger partial charge in [-0.25, -0.2) is 4.79 Å². The zero-order valence-corrected chi connectivity index (χ0v) is 13.3. The summed E-state index contributed by atoms with van der Waals surface area (Å²) in [6.07, 6.45) is 2.56. The van der Waals surface area contributed by atoms with Gasteiger partial charge in [-0.05, 0) is 26.8 Å². The van der Waals surface area contributed by atoms with E-state index < -0.39 is 11.7 Å². The first-order chi connectivity index (χ1) is 10.3. The van der Waals surface area contributed by atoms with Gasteiger partial charge in [0.25, 0.3) is 0 Å². The molecule has 0 saturated carbocycles. The molecule has 0 unspecified atom stereocenters. The molecular formula is C14H19N5O3. The summed E-state index contributed by atoms with van der Waals surface area (Å²) in [6.45, 7) is 5.40. The summed E-state index contributed by atoms with van der Waals surface area (Å²) >= 11 is 0. The Morgan fingerprint density at radius 1 is 1.23 bits per heavy atom. The van der Waals surface area contributed by atoms with Gasteiger partial charge < -0.3 is 9.47 Å². The van der Waals surface area contributed by atoms with Crippen molar-refractivity contribution in [1.29, 1.82) is 0 Å². The van der Waals surface area contributed by atoms with E-state index in [2.05, 4.69) is 15.2 Å². The summed E-state index contributed by atoms with van der Waals surface area (Å²) in [5.74, 6) is 0.714. The lowest BCUT2D eigenvalue weighted by Crippen LogP contribution is -2.35. The molecule has 2 aromatic rings. The van der Waals surface area contributed by atoms with Gasteiger partial charge in [-0.15, -0.1) is 4.80 Å². The van der Waals surface area contributed by atoms with E-state index in [1.165, 1.54) is 16.8 Å². The highest BCUT2D eigenvalue weighted by molar-refractivity contribution is 5.88. The molecule has 0 saturated heterocycles. The maximum absolute atomic E-state index is 12.3. The van der Waals surface area contributed by atoms with E-state index in [-0.39, 0.29) is 0 Å². The lowest BCUT2D eigenvalue weighted by Gasteiger charge is -2.25. The van der Waals surface area contributed by atoms with Gasteiger partial charge in [0.1, 0.15) is 11.3 Å². The standard InChI is InChI=1S/C14H19N5O3/c1-14(2,3)22-13(20)18(4)12-10(19-15-8-9-16-19)6-7-11(17-12)21-5/h6-9H,1-5H3. The number of amides is 1. The molecule has 8 nitrogen and oxygen atoms in total. The third-order valence-electron chi connectivity index (χ3n) is 2.66. The molecule has 0 aromatic carbocycles. The second-order valence-corrected chi connectivity index (χ2v) is 5.55. The Morgan fingerprint density at radius 3 is 2.41 bits per heavy atom. The Bertz CT molecular complexity index is 649. The van der Waals surface area contributed by atoms with Gasteiger partial charge in [-0.3, -0.25) is 4.90 Å². The van der Waals surface area contributed by atoms with Crippen LogP contribution in [0.2, 0.25) is 0 Å². The predicted octanol–water partition coefficient (Wildman–Crippen LogP) is 2.04. The maximum atomic E-state index is 12.3. The van der Waals surface area contributed by atoms with Crippen LogP contribution in [0.1, 0.15) is 20.8 Å². The van der Waals surface area contributed by atoms with Gasteiger partial charge in [0, 0.05) is 13.1 Å². The molecule has 0 bridgehead atoms. The first-order valence-electron chi connectivity index (χ1n) is 6.70. The number of ether oxygens (including phenoxy) is 2. The number of nitrogens with zero attached hydrogens (tertiary/aromatic N) is 5. The van der Waals surface area contributed by atoms with Crippen LogP contribution in [0.3, 0.4) is 0 Å². The Morgan fingerprint density at radius 2 is 1.86 bits per heavy atom. The fourth-order valence-electron chi connectivity index (χ4n) is 1.70. The van der Waals surface area contributed by atoms with Crippen LogP contribution in [0.4, 0.5) is 10.6 Å². The van der Waals surface area contributed by atoms with Crippen molar-refractivity contribution in [3.05, 3.63) is 24.5 Å². The molecule has 118 valence electrons. The summed E-state index contributed by atoms with van der Waals surface area (Å²) in [6, 6.07) is 3.40. The second-order valence-electron chi connectivity index (χ2n) is 5.55. The molecule has 0 aliphatic carbocycles. The van der Waals surface area contributed by atoms with Crippen molar-refractivity contribution >= 4 is 11.9 Å². The molecule has 0 atom stereocenters. The van der Waals surface area contributed by atoms with E-state index >= 15 is 0 Å². The van der Waals surface area contributed by atoms with Crippen molar-refractivity contribution < 1.29 is 14.3 Å². The number of pyridine rings is 1. The topological polar surface area (TPSA) is 82.4 Å². The van der Waals surface area contributed by atoms with Crippen LogP contribution in [0.25, 0.3) is 5.69 Å². The Labute approximate surface area is 128 Å². The summed E-state index contributed by atoms with van der Waals surface area (Å²) in [7, 11) is 3.08. The highest BCUT2D eigenvalue weighted by atomic mass is 16.6. The SMILES string of the molecule is COc1ccc(-n2nccn2)c(N(C)C(=O)OC(C)(C)C)n1. The molecule has 0 aliphatic rings. The normalized spacial score (nSPS) is 11.1. The van der Waals surface area contributed by atoms with E-state index in [0.717, 1.165) is 0 Å². The molecule has 0 radical (unpaired) electrons. The average molecular weight is 305 g/mol. The molecular weight excluding hydrogens is 286 g/mol. The fraction of sp³-hybridized carbons (Fsp3) is 0.429. The third kappa shape index (κ3) is 3.51. The summed E-state index contributed by atoms with van der Waals surface area (Å²) in [5, 5.41) is 8.13. The van der Waals surface area contributed by atoms with Gasteiger partial charge in [0.15, 0.2) is 5.82 Å². The van der Waals surface area contributed by atoms with Gasteiger partial charge in [-0.1, -0.05) is 0 Å². The lowest BCUT2D eigenvalue weighted by molar-refractivity contribution is 0.0588. The molecule has 0 aliphatic heterocycles. The minimum absolute atomic E-state index is 0.338. The zero-order chi connectivity index (χ0) is 16.3. The minimum Gasteiger partial charge on any atom is -0.481 e. The third-order valence-corrected chi connectivity index (χ3v) is 2.66. The van der Waals surface area contributed by atoms with Crippen molar-refractivity contribution in [2.75, 3.05) is 19.1 Å². The fourth-order valence-corrected chi connectivity index (χ4v) is 1.70. The number of hydrogen-bond acceptors (Lipinski definition) is 6. The molecule has 0 fully saturated rings. The van der Waals surface area contributed by atoms with Crippen LogP contribution in [-0.2, 0) is 4.74 Å². The van der Waals surface area contributed by atoms with E-state index in [1.54, 1.807) is 52.3 Å². The van der Waals surface area contributed by atoms with E-state index in [0.29, 0.717) is 17.4 Å². The predicted molar refractivity (Wildman–Crippen MR) is 80.3 cm³/mol. The van der Waals surface area contributed by atoms with Crippen molar-refractivity contribution in [2.24, 2.45) is 0 Å². The van der Waals surface area contributed by atoms with E-state index in [1.807, 2.05) is 0 Å². The van der Waals surface area contributed by atoms with Crippen LogP contribution in [0.15, 0.2) is 24.5 Å². The van der Waals surface area contributed by atoms with Crippen LogP contribution >= 0.6 is 0 Å². The van der Waals surface area contributed by atoms with E-state index in [4.69, 9.17) is 9.47 Å². The maximum Gasteiger partial charge on any atom is 0.415 e. The average Bonchev–Trinajstić information content (AvgIpc) is 2.98. The highest BCUT2D eigenvalue weighted by Gasteiger charge is 2.24. The molecule has 2 aromatic heterocycles. The Balaban J connectivity index is 2.41. The zero-order valence-electron chi connectivity index (χ0n) is 13.3. The largest absolute Gasteiger partial charge is 0.481 e. The molecule has 8 heteroatoms. The number of hydrogen-bond donors (Lipinski definition) is 0. The molecule has 2 heterocycles. The number of methoxy groups -OCH3 is 1. The summed E-state index contributed by atoms with van der Waals surface area (Å²) in [4.78, 5) is 19.2. The van der Waals surface area contributed by atoms with Crippen molar-refractivity contribution in [2.45, 2.75) is 26.4 Å². The number of anilines is 1. The summed E-state index contributed by atoms with van der Waals surface area (Å²) < 4.78 is 10.5. The molecule has 0 spiro atoms. The molecule has 22 heavy (non-hydrogen) atoms.